The van der Waals surface area contributed by atoms with Crippen molar-refractivity contribution in [2.75, 3.05) is 0 Å². The van der Waals surface area contributed by atoms with E-state index < -0.39 is 11.9 Å². The minimum atomic E-state index is -0.823. The second-order valence-corrected chi connectivity index (χ2v) is 6.02. The Kier molecular flexibility index (Phi) is 5.20. The third-order valence-electron chi connectivity index (χ3n) is 3.14. The first-order valence-electron chi connectivity index (χ1n) is 6.74. The summed E-state index contributed by atoms with van der Waals surface area (Å²) in [5, 5.41) is 11.8. The van der Waals surface area contributed by atoms with Gasteiger partial charge in [0, 0.05) is 22.6 Å². The van der Waals surface area contributed by atoms with Crippen molar-refractivity contribution < 1.29 is 9.90 Å². The van der Waals surface area contributed by atoms with Crippen LogP contribution in [0.25, 0.3) is 0 Å². The van der Waals surface area contributed by atoms with E-state index in [4.69, 9.17) is 11.6 Å². The predicted octanol–water partition coefficient (Wildman–Crippen LogP) is 4.03. The molecule has 1 aromatic carbocycles. The van der Waals surface area contributed by atoms with E-state index in [0.29, 0.717) is 5.02 Å². The maximum atomic E-state index is 11.2. The molecule has 0 amide bonds. The number of hydrogen-bond acceptors (Lipinski definition) is 3. The molecule has 112 valence electrons. The van der Waals surface area contributed by atoms with Gasteiger partial charge >= 0.3 is 5.97 Å². The Morgan fingerprint density at radius 3 is 2.67 bits per heavy atom. The summed E-state index contributed by atoms with van der Waals surface area (Å²) in [6, 6.07) is 7.27. The maximum Gasteiger partial charge on any atom is 0.312 e. The highest BCUT2D eigenvalue weighted by molar-refractivity contribution is 7.07. The number of aromatic nitrogens is 1. The quantitative estimate of drug-likeness (QED) is 0.902. The second-order valence-electron chi connectivity index (χ2n) is 4.74. The molecule has 0 fully saturated rings. The van der Waals surface area contributed by atoms with Gasteiger partial charge in [-0.1, -0.05) is 18.5 Å². The van der Waals surface area contributed by atoms with Gasteiger partial charge in [0.25, 0.3) is 0 Å². The van der Waals surface area contributed by atoms with Crippen molar-refractivity contribution in [3.63, 3.8) is 0 Å². The molecule has 0 aliphatic carbocycles. The number of rotatable bonds is 5. The Morgan fingerprint density at radius 1 is 1.43 bits per heavy atom. The average molecular weight is 325 g/mol. The topological polar surface area (TPSA) is 54.6 Å². The molecule has 2 aromatic rings. The SMILES string of the molecule is CCCn1c(C(C)C(=O)O)cs/c1=N/c1ccc(Cl)cc1. The van der Waals surface area contributed by atoms with Gasteiger partial charge in [-0.05, 0) is 37.6 Å². The Bertz CT molecular complexity index is 688. The van der Waals surface area contributed by atoms with Crippen molar-refractivity contribution in [1.82, 2.24) is 4.57 Å². The number of aliphatic carboxylic acids is 1. The van der Waals surface area contributed by atoms with Crippen LogP contribution in [0, 0.1) is 0 Å². The van der Waals surface area contributed by atoms with Crippen molar-refractivity contribution >= 4 is 34.6 Å². The van der Waals surface area contributed by atoms with Crippen LogP contribution in [0.2, 0.25) is 5.02 Å². The van der Waals surface area contributed by atoms with Crippen LogP contribution in [0.5, 0.6) is 0 Å². The number of hydrogen-bond donors (Lipinski definition) is 1. The van der Waals surface area contributed by atoms with Crippen LogP contribution < -0.4 is 4.80 Å². The van der Waals surface area contributed by atoms with Gasteiger partial charge in [-0.15, -0.1) is 11.3 Å². The van der Waals surface area contributed by atoms with E-state index in [1.54, 1.807) is 19.1 Å². The van der Waals surface area contributed by atoms with Gasteiger partial charge in [0.15, 0.2) is 4.80 Å². The zero-order valence-electron chi connectivity index (χ0n) is 11.9. The van der Waals surface area contributed by atoms with Gasteiger partial charge in [0.05, 0.1) is 11.6 Å². The maximum absolute atomic E-state index is 11.2. The molecule has 0 radical (unpaired) electrons. The van der Waals surface area contributed by atoms with Crippen LogP contribution >= 0.6 is 22.9 Å². The van der Waals surface area contributed by atoms with Gasteiger partial charge in [0.2, 0.25) is 0 Å². The van der Waals surface area contributed by atoms with Crippen LogP contribution in [0.3, 0.4) is 0 Å². The van der Waals surface area contributed by atoms with Gasteiger partial charge in [0.1, 0.15) is 0 Å². The van der Waals surface area contributed by atoms with E-state index in [9.17, 15) is 9.90 Å². The highest BCUT2D eigenvalue weighted by Gasteiger charge is 2.18. The van der Waals surface area contributed by atoms with Crippen LogP contribution in [-0.2, 0) is 11.3 Å². The first kappa shape index (κ1) is 15.8. The van der Waals surface area contributed by atoms with E-state index in [2.05, 4.69) is 11.9 Å². The summed E-state index contributed by atoms with van der Waals surface area (Å²) in [5.41, 5.74) is 1.60. The highest BCUT2D eigenvalue weighted by Crippen LogP contribution is 2.19. The number of carbonyl (C=O) groups is 1. The summed E-state index contributed by atoms with van der Waals surface area (Å²) in [5.74, 6) is -1.36. The summed E-state index contributed by atoms with van der Waals surface area (Å²) in [4.78, 5) is 16.6. The molecule has 0 bridgehead atoms. The van der Waals surface area contributed by atoms with Crippen molar-refractivity contribution in [2.45, 2.75) is 32.7 Å². The number of halogens is 1. The molecule has 1 atom stereocenters. The minimum absolute atomic E-state index is 0.540. The summed E-state index contributed by atoms with van der Waals surface area (Å²) in [6.45, 7) is 4.51. The van der Waals surface area contributed by atoms with E-state index in [1.165, 1.54) is 11.3 Å². The van der Waals surface area contributed by atoms with Crippen molar-refractivity contribution in [2.24, 2.45) is 4.99 Å². The monoisotopic (exact) mass is 324 g/mol. The molecular weight excluding hydrogens is 308 g/mol. The fraction of sp³-hybridized carbons (Fsp3) is 0.333. The molecule has 1 heterocycles. The van der Waals surface area contributed by atoms with E-state index in [1.807, 2.05) is 22.1 Å². The van der Waals surface area contributed by atoms with Crippen molar-refractivity contribution in [1.29, 1.82) is 0 Å². The van der Waals surface area contributed by atoms with Gasteiger partial charge in [-0.2, -0.15) is 0 Å². The Labute approximate surface area is 132 Å². The van der Waals surface area contributed by atoms with Crippen LogP contribution in [-0.4, -0.2) is 15.6 Å². The van der Waals surface area contributed by atoms with Crippen LogP contribution in [0.1, 0.15) is 31.9 Å². The zero-order valence-corrected chi connectivity index (χ0v) is 13.5. The molecule has 1 N–H and O–H groups in total. The molecule has 1 unspecified atom stereocenters. The first-order valence-corrected chi connectivity index (χ1v) is 8.00. The Balaban J connectivity index is 2.48. The molecule has 6 heteroatoms. The standard InChI is InChI=1S/C15H17ClN2O2S/c1-3-8-18-13(10(2)14(19)20)9-21-15(18)17-12-6-4-11(16)5-7-12/h4-7,9-10H,3,8H2,1-2H3,(H,19,20)/b17-15+. The number of thiazole rings is 1. The largest absolute Gasteiger partial charge is 0.481 e. The number of carboxylic acid groups (broad SMARTS) is 1. The summed E-state index contributed by atoms with van der Waals surface area (Å²) in [7, 11) is 0. The predicted molar refractivity (Wildman–Crippen MR) is 85.3 cm³/mol. The van der Waals surface area contributed by atoms with Gasteiger partial charge in [-0.3, -0.25) is 4.79 Å². The lowest BCUT2D eigenvalue weighted by Crippen LogP contribution is -2.21. The molecule has 21 heavy (non-hydrogen) atoms. The molecule has 0 saturated heterocycles. The summed E-state index contributed by atoms with van der Waals surface area (Å²) < 4.78 is 1.98. The minimum Gasteiger partial charge on any atom is -0.481 e. The van der Waals surface area contributed by atoms with Gasteiger partial charge in [-0.25, -0.2) is 4.99 Å². The number of benzene rings is 1. The molecule has 0 aliphatic rings. The van der Waals surface area contributed by atoms with Crippen LogP contribution in [0.4, 0.5) is 5.69 Å². The fourth-order valence-corrected chi connectivity index (χ4v) is 3.14. The Morgan fingerprint density at radius 2 is 2.10 bits per heavy atom. The third kappa shape index (κ3) is 3.74. The second kappa shape index (κ2) is 6.91. The van der Waals surface area contributed by atoms with Crippen LogP contribution in [0.15, 0.2) is 34.6 Å². The molecular formula is C15H17ClN2O2S. The third-order valence-corrected chi connectivity index (χ3v) is 4.27. The molecule has 4 nitrogen and oxygen atoms in total. The van der Waals surface area contributed by atoms with Gasteiger partial charge < -0.3 is 9.67 Å². The normalized spacial score (nSPS) is 13.4. The van der Waals surface area contributed by atoms with E-state index in [-0.39, 0.29) is 0 Å². The molecule has 2 rings (SSSR count). The lowest BCUT2D eigenvalue weighted by molar-refractivity contribution is -0.138. The summed E-state index contributed by atoms with van der Waals surface area (Å²) in [6.07, 6.45) is 0.921. The fourth-order valence-electron chi connectivity index (χ4n) is 1.97. The summed E-state index contributed by atoms with van der Waals surface area (Å²) >= 11 is 7.33. The van der Waals surface area contributed by atoms with Crippen molar-refractivity contribution in [3.8, 4) is 0 Å². The van der Waals surface area contributed by atoms with E-state index >= 15 is 0 Å². The Hall–Kier alpha value is -1.59. The molecule has 0 spiro atoms. The highest BCUT2D eigenvalue weighted by atomic mass is 35.5. The smallest absolute Gasteiger partial charge is 0.312 e. The molecule has 0 saturated carbocycles. The zero-order chi connectivity index (χ0) is 15.4. The van der Waals surface area contributed by atoms with Crippen molar-refractivity contribution in [3.05, 3.63) is 45.2 Å². The first-order chi connectivity index (χ1) is 10.0. The molecule has 1 aromatic heterocycles. The lowest BCUT2D eigenvalue weighted by atomic mass is 10.1. The average Bonchev–Trinajstić information content (AvgIpc) is 2.84. The number of carboxylic acids is 1. The van der Waals surface area contributed by atoms with E-state index in [0.717, 1.165) is 29.1 Å². The molecule has 0 aliphatic heterocycles. The number of nitrogens with zero attached hydrogens (tertiary/aromatic N) is 2. The lowest BCUT2D eigenvalue weighted by Gasteiger charge is -2.10.